The van der Waals surface area contributed by atoms with Crippen molar-refractivity contribution in [3.63, 3.8) is 0 Å². The Labute approximate surface area is 225 Å². The number of rotatable bonds is 5. The summed E-state index contributed by atoms with van der Waals surface area (Å²) < 4.78 is 12.7. The molecule has 1 fully saturated rings. The molecule has 38 heavy (non-hydrogen) atoms. The Morgan fingerprint density at radius 3 is 1.53 bits per heavy atom. The van der Waals surface area contributed by atoms with Gasteiger partial charge in [-0.3, -0.25) is 24.8 Å². The summed E-state index contributed by atoms with van der Waals surface area (Å²) in [6.45, 7) is 21.1. The van der Waals surface area contributed by atoms with E-state index in [1.807, 2.05) is 6.92 Å². The molecule has 0 saturated carbocycles. The van der Waals surface area contributed by atoms with Crippen LogP contribution < -0.4 is 10.4 Å². The zero-order valence-electron chi connectivity index (χ0n) is 24.7. The third kappa shape index (κ3) is 8.16. The number of methoxy groups -OCH3 is 3. The first kappa shape index (κ1) is 34.3. The number of hydrogen-bond acceptors (Lipinski definition) is 9. The van der Waals surface area contributed by atoms with Gasteiger partial charge in [0.25, 0.3) is 5.78 Å². The second-order valence-corrected chi connectivity index (χ2v) is 9.22. The summed E-state index contributed by atoms with van der Waals surface area (Å²) >= 11 is 0. The molecule has 1 aliphatic heterocycles. The van der Waals surface area contributed by atoms with E-state index < -0.39 is 23.6 Å². The van der Waals surface area contributed by atoms with Gasteiger partial charge in [0, 0.05) is 5.57 Å². The molecular weight excluding hydrogens is 492 g/mol. The number of carbonyl (C=O) groups excluding carboxylic acids is 5. The fraction of sp³-hybridized carbons (Fsp3) is 0.536. The molecule has 1 aliphatic rings. The lowest BCUT2D eigenvalue weighted by molar-refractivity contribution is -0.159. The Bertz CT molecular complexity index is 1060. The summed E-state index contributed by atoms with van der Waals surface area (Å²) in [6, 6.07) is 0.186. The van der Waals surface area contributed by atoms with E-state index in [4.69, 9.17) is 0 Å². The van der Waals surface area contributed by atoms with E-state index in [0.717, 1.165) is 14.2 Å². The SMILES string of the molecule is C=C(C)C(=O)OC.COC(=O)C(=O)C(C)C(=O)OC.Cc1c(C)c(C)c(N2NC(=O)C(C)C2C)c(C)c1C. The molecule has 1 aromatic carbocycles. The van der Waals surface area contributed by atoms with Gasteiger partial charge in [0.1, 0.15) is 5.92 Å². The van der Waals surface area contributed by atoms with E-state index in [2.05, 4.69) is 72.8 Å². The summed E-state index contributed by atoms with van der Waals surface area (Å²) in [7, 11) is 3.55. The number of ketones is 1. The van der Waals surface area contributed by atoms with Crippen molar-refractivity contribution >= 4 is 35.3 Å². The van der Waals surface area contributed by atoms with Crippen molar-refractivity contribution < 1.29 is 38.2 Å². The van der Waals surface area contributed by atoms with E-state index in [-0.39, 0.29) is 23.8 Å². The number of nitrogens with zero attached hydrogens (tertiary/aromatic N) is 1. The maximum absolute atomic E-state index is 11.9. The molecule has 1 aromatic rings. The smallest absolute Gasteiger partial charge is 0.375 e. The van der Waals surface area contributed by atoms with Gasteiger partial charge >= 0.3 is 17.9 Å². The average Bonchev–Trinajstić information content (AvgIpc) is 3.15. The van der Waals surface area contributed by atoms with E-state index in [1.54, 1.807) is 6.92 Å². The van der Waals surface area contributed by atoms with Crippen LogP contribution >= 0.6 is 0 Å². The second-order valence-electron chi connectivity index (χ2n) is 9.22. The molecule has 0 bridgehead atoms. The third-order valence-corrected chi connectivity index (χ3v) is 6.84. The molecule has 1 N–H and O–H groups in total. The topological polar surface area (TPSA) is 128 Å². The monoisotopic (exact) mass is 534 g/mol. The fourth-order valence-corrected chi connectivity index (χ4v) is 3.60. The van der Waals surface area contributed by atoms with Gasteiger partial charge in [-0.2, -0.15) is 0 Å². The first-order chi connectivity index (χ1) is 17.5. The van der Waals surface area contributed by atoms with Crippen LogP contribution in [0.1, 0.15) is 55.5 Å². The maximum atomic E-state index is 11.9. The lowest BCUT2D eigenvalue weighted by Gasteiger charge is -2.30. The molecule has 0 spiro atoms. The lowest BCUT2D eigenvalue weighted by Crippen LogP contribution is -2.38. The largest absolute Gasteiger partial charge is 0.468 e. The molecule has 10 nitrogen and oxygen atoms in total. The first-order valence-corrected chi connectivity index (χ1v) is 12.1. The number of hydrogen-bond donors (Lipinski definition) is 1. The number of amides is 1. The van der Waals surface area contributed by atoms with Crippen LogP contribution in [0.5, 0.6) is 0 Å². The quantitative estimate of drug-likeness (QED) is 0.199. The summed E-state index contributed by atoms with van der Waals surface area (Å²) in [4.78, 5) is 54.3. The highest BCUT2D eigenvalue weighted by Gasteiger charge is 2.36. The second kappa shape index (κ2) is 14.9. The normalized spacial score (nSPS) is 16.5. The highest BCUT2D eigenvalue weighted by Crippen LogP contribution is 2.35. The van der Waals surface area contributed by atoms with Gasteiger partial charge in [-0.05, 0) is 83.2 Å². The lowest BCUT2D eigenvalue weighted by atomic mass is 9.92. The van der Waals surface area contributed by atoms with Crippen molar-refractivity contribution in [1.82, 2.24) is 5.43 Å². The number of ether oxygens (including phenoxy) is 3. The van der Waals surface area contributed by atoms with Crippen molar-refractivity contribution in [2.45, 2.75) is 68.4 Å². The van der Waals surface area contributed by atoms with Gasteiger partial charge in [-0.15, -0.1) is 0 Å². The standard InChI is InChI=1S/C16H24N2O.C7H10O5.C5H8O2/c1-8-9(2)11(4)15(12(5)10(8)3)18-14(7)13(6)16(19)17-18;1-4(6(9)11-2)5(8)7(10)12-3;1-4(2)5(6)7-3/h13-14H,1-7H3,(H,17,19);4H,1-3H3;1H2,2-3H3. The van der Waals surface area contributed by atoms with Crippen LogP contribution in [-0.4, -0.2) is 57.0 Å². The first-order valence-electron chi connectivity index (χ1n) is 12.1. The highest BCUT2D eigenvalue weighted by atomic mass is 16.5. The van der Waals surface area contributed by atoms with Crippen molar-refractivity contribution in [2.24, 2.45) is 11.8 Å². The van der Waals surface area contributed by atoms with E-state index in [0.29, 0.717) is 5.57 Å². The molecular formula is C28H42N2O8. The Balaban J connectivity index is 0.000000618. The molecule has 212 valence electrons. The number of benzene rings is 1. The molecule has 1 saturated heterocycles. The van der Waals surface area contributed by atoms with Crippen LogP contribution in [0, 0.1) is 46.5 Å². The minimum Gasteiger partial charge on any atom is -0.468 e. The van der Waals surface area contributed by atoms with Crippen molar-refractivity contribution in [3.05, 3.63) is 40.0 Å². The van der Waals surface area contributed by atoms with Gasteiger partial charge in [-0.25, -0.2) is 9.59 Å². The zero-order valence-corrected chi connectivity index (χ0v) is 24.7. The minimum absolute atomic E-state index is 0.0284. The van der Waals surface area contributed by atoms with E-state index >= 15 is 0 Å². The number of hydrazine groups is 1. The predicted molar refractivity (Wildman–Crippen MR) is 144 cm³/mol. The van der Waals surface area contributed by atoms with Crippen molar-refractivity contribution in [1.29, 1.82) is 0 Å². The Morgan fingerprint density at radius 2 is 1.24 bits per heavy atom. The van der Waals surface area contributed by atoms with Gasteiger partial charge in [-0.1, -0.05) is 13.5 Å². The van der Waals surface area contributed by atoms with Crippen LogP contribution in [0.2, 0.25) is 0 Å². The van der Waals surface area contributed by atoms with Crippen LogP contribution in [-0.2, 0) is 38.2 Å². The number of Topliss-reactive ketones (excluding diaryl/α,β-unsaturated/α-hetero) is 1. The van der Waals surface area contributed by atoms with Crippen LogP contribution in [0.3, 0.4) is 0 Å². The van der Waals surface area contributed by atoms with Crippen LogP contribution in [0.25, 0.3) is 0 Å². The van der Waals surface area contributed by atoms with Crippen molar-refractivity contribution in [2.75, 3.05) is 26.3 Å². The molecule has 0 aromatic heterocycles. The molecule has 0 aliphatic carbocycles. The van der Waals surface area contributed by atoms with Crippen LogP contribution in [0.4, 0.5) is 5.69 Å². The number of anilines is 1. The Hall–Kier alpha value is -3.69. The molecule has 1 amide bonds. The predicted octanol–water partition coefficient (Wildman–Crippen LogP) is 3.38. The van der Waals surface area contributed by atoms with Crippen molar-refractivity contribution in [3.8, 4) is 0 Å². The molecule has 0 radical (unpaired) electrons. The number of nitrogens with one attached hydrogen (secondary N) is 1. The molecule has 3 unspecified atom stereocenters. The van der Waals surface area contributed by atoms with Gasteiger partial charge in [0.2, 0.25) is 5.91 Å². The summed E-state index contributed by atoms with van der Waals surface area (Å²) in [6.07, 6.45) is 0. The fourth-order valence-electron chi connectivity index (χ4n) is 3.60. The Kier molecular flexibility index (Phi) is 13.5. The average molecular weight is 535 g/mol. The highest BCUT2D eigenvalue weighted by molar-refractivity contribution is 6.37. The summed E-state index contributed by atoms with van der Waals surface area (Å²) in [5.74, 6) is -3.98. The van der Waals surface area contributed by atoms with E-state index in [9.17, 15) is 24.0 Å². The maximum Gasteiger partial charge on any atom is 0.375 e. The Morgan fingerprint density at radius 1 is 0.816 bits per heavy atom. The van der Waals surface area contributed by atoms with Gasteiger partial charge < -0.3 is 14.2 Å². The van der Waals surface area contributed by atoms with Gasteiger partial charge in [0.15, 0.2) is 0 Å². The minimum atomic E-state index is -1.09. The molecule has 3 atom stereocenters. The summed E-state index contributed by atoms with van der Waals surface area (Å²) in [5, 5.41) is 2.05. The third-order valence-electron chi connectivity index (χ3n) is 6.84. The number of esters is 3. The molecule has 1 heterocycles. The zero-order chi connectivity index (χ0) is 30.1. The summed E-state index contributed by atoms with van der Waals surface area (Å²) in [5.41, 5.74) is 11.1. The van der Waals surface area contributed by atoms with Crippen LogP contribution in [0.15, 0.2) is 12.2 Å². The molecule has 10 heteroatoms. The molecule has 2 rings (SSSR count). The van der Waals surface area contributed by atoms with Gasteiger partial charge in [0.05, 0.1) is 39.0 Å². The number of carbonyl (C=O) groups is 5. The van der Waals surface area contributed by atoms with E-state index in [1.165, 1.54) is 47.5 Å².